The van der Waals surface area contributed by atoms with Crippen LogP contribution < -0.4 is 4.90 Å². The van der Waals surface area contributed by atoms with Gasteiger partial charge in [-0.2, -0.15) is 0 Å². The van der Waals surface area contributed by atoms with Gasteiger partial charge in [-0.05, 0) is 42.5 Å². The number of ketones is 1. The molecular formula is C23H25NO2. The Morgan fingerprint density at radius 2 is 1.35 bits per heavy atom. The molecule has 2 aliphatic carbocycles. The Balaban J connectivity index is 1.86. The number of fused-ring (bicyclic) bond motifs is 2. The predicted octanol–water partition coefficient (Wildman–Crippen LogP) is 5.14. The molecule has 0 radical (unpaired) electrons. The molecule has 2 aromatic rings. The molecule has 4 rings (SSSR count). The molecule has 2 atom stereocenters. The number of rotatable bonds is 3. The van der Waals surface area contributed by atoms with Crippen molar-refractivity contribution in [1.82, 2.24) is 0 Å². The Morgan fingerprint density at radius 1 is 0.846 bits per heavy atom. The van der Waals surface area contributed by atoms with Crippen LogP contribution in [0, 0.1) is 16.2 Å². The summed E-state index contributed by atoms with van der Waals surface area (Å²) in [4.78, 5) is 28.6. The molecule has 2 aliphatic rings. The monoisotopic (exact) mass is 347 g/mol. The molecule has 0 heterocycles. The fourth-order valence-corrected chi connectivity index (χ4v) is 5.08. The zero-order chi connectivity index (χ0) is 18.6. The SMILES string of the molecule is CC1(C)[C@@]2(C(=O)N(c3ccccc3)c3ccccc3)CC[C@@]1(C)C(=O)C2. The van der Waals surface area contributed by atoms with E-state index in [1.165, 1.54) is 0 Å². The molecule has 2 saturated carbocycles. The van der Waals surface area contributed by atoms with Gasteiger partial charge in [0.25, 0.3) is 0 Å². The minimum atomic E-state index is -0.634. The fraction of sp³-hybridized carbons (Fsp3) is 0.391. The first kappa shape index (κ1) is 17.0. The van der Waals surface area contributed by atoms with Crippen LogP contribution in [-0.4, -0.2) is 11.7 Å². The number of carbonyl (C=O) groups is 2. The lowest BCUT2D eigenvalue weighted by molar-refractivity contribution is -0.133. The van der Waals surface area contributed by atoms with Crippen molar-refractivity contribution in [2.75, 3.05) is 4.90 Å². The molecule has 2 bridgehead atoms. The number of amides is 1. The van der Waals surface area contributed by atoms with Crippen LogP contribution in [0.4, 0.5) is 11.4 Å². The highest BCUT2D eigenvalue weighted by Gasteiger charge is 2.73. The Hall–Kier alpha value is -2.42. The predicted molar refractivity (Wildman–Crippen MR) is 103 cm³/mol. The van der Waals surface area contributed by atoms with Gasteiger partial charge in [0.05, 0.1) is 5.41 Å². The van der Waals surface area contributed by atoms with E-state index in [4.69, 9.17) is 0 Å². The van der Waals surface area contributed by atoms with E-state index in [0.29, 0.717) is 6.42 Å². The summed E-state index contributed by atoms with van der Waals surface area (Å²) in [5, 5.41) is 0. The van der Waals surface area contributed by atoms with Crippen LogP contribution in [0.1, 0.15) is 40.0 Å². The summed E-state index contributed by atoms with van der Waals surface area (Å²) in [7, 11) is 0. The number of benzene rings is 2. The number of hydrogen-bond acceptors (Lipinski definition) is 2. The van der Waals surface area contributed by atoms with Crippen LogP contribution in [0.15, 0.2) is 60.7 Å². The molecule has 0 unspecified atom stereocenters. The third-order valence-electron chi connectivity index (χ3n) is 7.35. The van der Waals surface area contributed by atoms with E-state index in [2.05, 4.69) is 13.8 Å². The third-order valence-corrected chi connectivity index (χ3v) is 7.35. The molecule has 3 heteroatoms. The topological polar surface area (TPSA) is 37.4 Å². The first-order valence-corrected chi connectivity index (χ1v) is 9.31. The van der Waals surface area contributed by atoms with E-state index in [1.54, 1.807) is 0 Å². The number of hydrogen-bond donors (Lipinski definition) is 0. The Morgan fingerprint density at radius 3 is 1.73 bits per heavy atom. The fourth-order valence-electron chi connectivity index (χ4n) is 5.08. The smallest absolute Gasteiger partial charge is 0.238 e. The highest BCUT2D eigenvalue weighted by atomic mass is 16.2. The molecule has 0 saturated heterocycles. The summed E-state index contributed by atoms with van der Waals surface area (Å²) in [6.45, 7) is 6.26. The van der Waals surface area contributed by atoms with Gasteiger partial charge in [-0.1, -0.05) is 57.2 Å². The molecular weight excluding hydrogens is 322 g/mol. The maximum absolute atomic E-state index is 14.0. The second-order valence-electron chi connectivity index (χ2n) is 8.45. The van der Waals surface area contributed by atoms with Gasteiger partial charge in [-0.25, -0.2) is 0 Å². The van der Waals surface area contributed by atoms with Gasteiger partial charge >= 0.3 is 0 Å². The second-order valence-corrected chi connectivity index (χ2v) is 8.45. The minimum Gasteiger partial charge on any atom is -0.299 e. The Kier molecular flexibility index (Phi) is 3.62. The highest BCUT2D eigenvalue weighted by molar-refractivity contribution is 6.09. The molecule has 134 valence electrons. The molecule has 0 aliphatic heterocycles. The largest absolute Gasteiger partial charge is 0.299 e. The van der Waals surface area contributed by atoms with Crippen LogP contribution in [-0.2, 0) is 9.59 Å². The number of carbonyl (C=O) groups excluding carboxylic acids is 2. The van der Waals surface area contributed by atoms with Crippen molar-refractivity contribution in [2.24, 2.45) is 16.2 Å². The zero-order valence-corrected chi connectivity index (χ0v) is 15.7. The standard InChI is InChI=1S/C23H25NO2/c1-21(2)22(3)14-15-23(21,16-19(22)25)20(26)24(17-10-6-4-7-11-17)18-12-8-5-9-13-18/h4-13H,14-16H2,1-3H3/t22-,23-/m0/s1. The van der Waals surface area contributed by atoms with Crippen molar-refractivity contribution in [2.45, 2.75) is 40.0 Å². The molecule has 26 heavy (non-hydrogen) atoms. The summed E-state index contributed by atoms with van der Waals surface area (Å²) >= 11 is 0. The van der Waals surface area contributed by atoms with Crippen molar-refractivity contribution < 1.29 is 9.59 Å². The molecule has 0 spiro atoms. The van der Waals surface area contributed by atoms with Crippen LogP contribution in [0.3, 0.4) is 0 Å². The van der Waals surface area contributed by atoms with E-state index in [9.17, 15) is 9.59 Å². The lowest BCUT2D eigenvalue weighted by Crippen LogP contribution is -2.47. The minimum absolute atomic E-state index is 0.0504. The van der Waals surface area contributed by atoms with Crippen molar-refractivity contribution in [3.05, 3.63) is 60.7 Å². The van der Waals surface area contributed by atoms with E-state index in [0.717, 1.165) is 24.2 Å². The van der Waals surface area contributed by atoms with Gasteiger partial charge in [0, 0.05) is 23.2 Å². The molecule has 2 fully saturated rings. The quantitative estimate of drug-likeness (QED) is 0.771. The van der Waals surface area contributed by atoms with Crippen molar-refractivity contribution >= 4 is 23.1 Å². The average molecular weight is 347 g/mol. The second kappa shape index (κ2) is 5.54. The van der Waals surface area contributed by atoms with Crippen LogP contribution in [0.5, 0.6) is 0 Å². The van der Waals surface area contributed by atoms with E-state index in [1.807, 2.05) is 72.5 Å². The lowest BCUT2D eigenvalue weighted by Gasteiger charge is -2.41. The zero-order valence-electron chi connectivity index (χ0n) is 15.7. The third kappa shape index (κ3) is 2.00. The van der Waals surface area contributed by atoms with E-state index < -0.39 is 10.8 Å². The van der Waals surface area contributed by atoms with Gasteiger partial charge in [-0.15, -0.1) is 0 Å². The number of anilines is 2. The van der Waals surface area contributed by atoms with Crippen molar-refractivity contribution in [3.63, 3.8) is 0 Å². The Bertz CT molecular complexity index is 819. The van der Waals surface area contributed by atoms with E-state index in [-0.39, 0.29) is 17.1 Å². The van der Waals surface area contributed by atoms with Crippen molar-refractivity contribution in [1.29, 1.82) is 0 Å². The van der Waals surface area contributed by atoms with Gasteiger partial charge < -0.3 is 0 Å². The molecule has 3 nitrogen and oxygen atoms in total. The van der Waals surface area contributed by atoms with Gasteiger partial charge in [0.2, 0.25) is 5.91 Å². The lowest BCUT2D eigenvalue weighted by atomic mass is 9.64. The number of para-hydroxylation sites is 2. The number of nitrogens with zero attached hydrogens (tertiary/aromatic N) is 1. The highest BCUT2D eigenvalue weighted by Crippen LogP contribution is 2.71. The van der Waals surface area contributed by atoms with Crippen LogP contribution >= 0.6 is 0 Å². The van der Waals surface area contributed by atoms with Gasteiger partial charge in [-0.3, -0.25) is 14.5 Å². The Labute approximate surface area is 155 Å². The molecule has 2 aromatic carbocycles. The molecule has 0 N–H and O–H groups in total. The number of Topliss-reactive ketones (excluding diaryl/α,β-unsaturated/α-hetero) is 1. The maximum Gasteiger partial charge on any atom is 0.238 e. The summed E-state index contributed by atoms with van der Waals surface area (Å²) in [6, 6.07) is 19.5. The average Bonchev–Trinajstić information content (AvgIpc) is 2.94. The van der Waals surface area contributed by atoms with Crippen molar-refractivity contribution in [3.8, 4) is 0 Å². The van der Waals surface area contributed by atoms with Gasteiger partial charge in [0.15, 0.2) is 0 Å². The van der Waals surface area contributed by atoms with Gasteiger partial charge in [0.1, 0.15) is 5.78 Å². The summed E-state index contributed by atoms with van der Waals surface area (Å²) in [6.07, 6.45) is 1.92. The molecule has 1 amide bonds. The van der Waals surface area contributed by atoms with E-state index >= 15 is 0 Å². The summed E-state index contributed by atoms with van der Waals surface area (Å²) in [5.41, 5.74) is 0.311. The molecule has 0 aromatic heterocycles. The first-order valence-electron chi connectivity index (χ1n) is 9.31. The van der Waals surface area contributed by atoms with Crippen LogP contribution in [0.25, 0.3) is 0 Å². The normalized spacial score (nSPS) is 29.0. The first-order chi connectivity index (χ1) is 12.3. The maximum atomic E-state index is 14.0. The summed E-state index contributed by atoms with van der Waals surface area (Å²) in [5.74, 6) is 0.289. The van der Waals surface area contributed by atoms with Crippen LogP contribution in [0.2, 0.25) is 0 Å². The summed E-state index contributed by atoms with van der Waals surface area (Å²) < 4.78 is 0.